The Morgan fingerprint density at radius 2 is 2.00 bits per heavy atom. The number of nitrogens with zero attached hydrogens (tertiary/aromatic N) is 2. The molecule has 0 aliphatic heterocycles. The number of imidazole rings is 1. The number of nitrogens with one attached hydrogen (secondary N) is 3. The molecule has 0 fully saturated rings. The first kappa shape index (κ1) is 21.3. The number of H-pyrrole nitrogens is 1. The number of amides is 2. The molecule has 0 aliphatic carbocycles. The average Bonchev–Trinajstić information content (AvgIpc) is 3.48. The summed E-state index contributed by atoms with van der Waals surface area (Å²) in [6.07, 6.45) is 10.6. The van der Waals surface area contributed by atoms with Crippen molar-refractivity contribution in [2.75, 3.05) is 13.6 Å². The SMILES string of the molecule is CNC(=O)c1cc2c(Oc3ccc(/C=C/C(=O)NCCc4cnc[nH]4)cc3)cncc2s1. The first-order valence-electron chi connectivity index (χ1n) is 9.93. The van der Waals surface area contributed by atoms with Crippen LogP contribution in [-0.2, 0) is 11.2 Å². The van der Waals surface area contributed by atoms with E-state index in [2.05, 4.69) is 25.6 Å². The van der Waals surface area contributed by atoms with Gasteiger partial charge in [0, 0.05) is 49.6 Å². The quantitative estimate of drug-likeness (QED) is 0.358. The number of aromatic amines is 1. The molecular weight excluding hydrogens is 426 g/mol. The molecule has 4 rings (SSSR count). The molecule has 0 spiro atoms. The van der Waals surface area contributed by atoms with E-state index in [4.69, 9.17) is 4.74 Å². The van der Waals surface area contributed by atoms with Crippen LogP contribution >= 0.6 is 11.3 Å². The fraction of sp³-hybridized carbons (Fsp3) is 0.130. The molecule has 0 saturated heterocycles. The van der Waals surface area contributed by atoms with Crippen LogP contribution in [0.4, 0.5) is 0 Å². The highest BCUT2D eigenvalue weighted by Crippen LogP contribution is 2.34. The zero-order valence-electron chi connectivity index (χ0n) is 17.3. The second-order valence-electron chi connectivity index (χ2n) is 6.86. The van der Waals surface area contributed by atoms with Gasteiger partial charge >= 0.3 is 0 Å². The summed E-state index contributed by atoms with van der Waals surface area (Å²) in [5.41, 5.74) is 1.85. The van der Waals surface area contributed by atoms with E-state index >= 15 is 0 Å². The Kier molecular flexibility index (Phi) is 6.57. The Morgan fingerprint density at radius 1 is 1.16 bits per heavy atom. The predicted molar refractivity (Wildman–Crippen MR) is 124 cm³/mol. The summed E-state index contributed by atoms with van der Waals surface area (Å²) in [6, 6.07) is 9.17. The monoisotopic (exact) mass is 447 g/mol. The fourth-order valence-electron chi connectivity index (χ4n) is 3.00. The zero-order chi connectivity index (χ0) is 22.3. The molecule has 3 heterocycles. The number of thiophene rings is 1. The molecule has 0 aliphatic rings. The van der Waals surface area contributed by atoms with Crippen molar-refractivity contribution in [2.24, 2.45) is 0 Å². The summed E-state index contributed by atoms with van der Waals surface area (Å²) in [5.74, 6) is 0.910. The fourth-order valence-corrected chi connectivity index (χ4v) is 3.99. The predicted octanol–water partition coefficient (Wildman–Crippen LogP) is 3.54. The van der Waals surface area contributed by atoms with Crippen LogP contribution in [0, 0.1) is 0 Å². The Bertz CT molecular complexity index is 1250. The topological polar surface area (TPSA) is 109 Å². The molecule has 32 heavy (non-hydrogen) atoms. The number of carbonyl (C=O) groups is 2. The molecule has 0 atom stereocenters. The summed E-state index contributed by atoms with van der Waals surface area (Å²) < 4.78 is 6.86. The number of hydrogen-bond donors (Lipinski definition) is 3. The summed E-state index contributed by atoms with van der Waals surface area (Å²) in [5, 5.41) is 6.29. The Morgan fingerprint density at radius 3 is 2.75 bits per heavy atom. The van der Waals surface area contributed by atoms with Crippen molar-refractivity contribution in [1.29, 1.82) is 0 Å². The van der Waals surface area contributed by atoms with Gasteiger partial charge < -0.3 is 20.4 Å². The van der Waals surface area contributed by atoms with Gasteiger partial charge in [-0.15, -0.1) is 11.3 Å². The van der Waals surface area contributed by atoms with Crippen molar-refractivity contribution in [2.45, 2.75) is 6.42 Å². The largest absolute Gasteiger partial charge is 0.455 e. The molecule has 0 unspecified atom stereocenters. The summed E-state index contributed by atoms with van der Waals surface area (Å²) in [4.78, 5) is 35.6. The maximum atomic E-state index is 12.0. The number of carbonyl (C=O) groups excluding carboxylic acids is 2. The van der Waals surface area contributed by atoms with Crippen LogP contribution < -0.4 is 15.4 Å². The van der Waals surface area contributed by atoms with E-state index in [0.29, 0.717) is 29.3 Å². The summed E-state index contributed by atoms with van der Waals surface area (Å²) in [6.45, 7) is 0.530. The molecule has 0 saturated carbocycles. The van der Waals surface area contributed by atoms with Gasteiger partial charge in [0.25, 0.3) is 5.91 Å². The van der Waals surface area contributed by atoms with Crippen molar-refractivity contribution in [1.82, 2.24) is 25.6 Å². The van der Waals surface area contributed by atoms with E-state index in [1.807, 2.05) is 24.3 Å². The molecule has 8 nitrogen and oxygen atoms in total. The van der Waals surface area contributed by atoms with Crippen LogP contribution in [0.15, 0.2) is 61.3 Å². The number of ether oxygens (including phenoxy) is 1. The molecule has 0 bridgehead atoms. The van der Waals surface area contributed by atoms with E-state index in [9.17, 15) is 9.59 Å². The van der Waals surface area contributed by atoms with E-state index < -0.39 is 0 Å². The Labute approximate surface area is 188 Å². The van der Waals surface area contributed by atoms with Gasteiger partial charge in [0.05, 0.1) is 22.1 Å². The minimum absolute atomic E-state index is 0.140. The third kappa shape index (κ3) is 5.19. The van der Waals surface area contributed by atoms with Gasteiger partial charge in [0.15, 0.2) is 5.75 Å². The second-order valence-corrected chi connectivity index (χ2v) is 7.95. The lowest BCUT2D eigenvalue weighted by atomic mass is 10.2. The van der Waals surface area contributed by atoms with Crippen LogP contribution in [0.3, 0.4) is 0 Å². The van der Waals surface area contributed by atoms with Gasteiger partial charge in [0.2, 0.25) is 5.91 Å². The van der Waals surface area contributed by atoms with E-state index in [-0.39, 0.29) is 11.8 Å². The van der Waals surface area contributed by atoms with Crippen molar-refractivity contribution in [3.63, 3.8) is 0 Å². The Hall–Kier alpha value is -3.98. The van der Waals surface area contributed by atoms with E-state index in [0.717, 1.165) is 21.3 Å². The molecule has 2 amide bonds. The number of pyridine rings is 1. The second kappa shape index (κ2) is 9.88. The average molecular weight is 448 g/mol. The lowest BCUT2D eigenvalue weighted by molar-refractivity contribution is -0.116. The lowest BCUT2D eigenvalue weighted by Gasteiger charge is -2.06. The molecule has 3 aromatic heterocycles. The lowest BCUT2D eigenvalue weighted by Crippen LogP contribution is -2.23. The zero-order valence-corrected chi connectivity index (χ0v) is 18.1. The molecule has 162 valence electrons. The number of benzene rings is 1. The van der Waals surface area contributed by atoms with Crippen LogP contribution in [-0.4, -0.2) is 40.4 Å². The number of rotatable bonds is 8. The molecular formula is C23H21N5O3S. The minimum Gasteiger partial charge on any atom is -0.455 e. The highest BCUT2D eigenvalue weighted by Gasteiger charge is 2.13. The number of hydrogen-bond acceptors (Lipinski definition) is 6. The molecule has 9 heteroatoms. The standard InChI is InChI=1S/C23H21N5O3S/c1-24-23(30)20-10-18-19(12-25-13-21(18)32-20)31-17-5-2-15(3-6-17)4-7-22(29)27-9-8-16-11-26-14-28-16/h2-7,10-14H,8-9H2,1H3,(H,24,30)(H,26,28)(H,27,29)/b7-4+. The van der Waals surface area contributed by atoms with Crippen molar-refractivity contribution >= 4 is 39.3 Å². The van der Waals surface area contributed by atoms with Crippen molar-refractivity contribution in [3.05, 3.63) is 77.5 Å². The summed E-state index contributed by atoms with van der Waals surface area (Å²) in [7, 11) is 1.60. The van der Waals surface area contributed by atoms with Gasteiger partial charge in [-0.1, -0.05) is 12.1 Å². The minimum atomic E-state index is -0.160. The molecule has 3 N–H and O–H groups in total. The van der Waals surface area contributed by atoms with Gasteiger partial charge in [0.1, 0.15) is 5.75 Å². The van der Waals surface area contributed by atoms with Gasteiger partial charge in [-0.3, -0.25) is 14.6 Å². The normalized spacial score (nSPS) is 11.0. The van der Waals surface area contributed by atoms with Crippen LogP contribution in [0.25, 0.3) is 16.2 Å². The first-order valence-corrected chi connectivity index (χ1v) is 10.7. The van der Waals surface area contributed by atoms with E-state index in [1.54, 1.807) is 44.1 Å². The molecule has 0 radical (unpaired) electrons. The van der Waals surface area contributed by atoms with E-state index in [1.165, 1.54) is 17.4 Å². The summed E-state index contributed by atoms with van der Waals surface area (Å²) >= 11 is 1.36. The van der Waals surface area contributed by atoms with Crippen molar-refractivity contribution in [3.8, 4) is 11.5 Å². The van der Waals surface area contributed by atoms with Crippen LogP contribution in [0.1, 0.15) is 20.9 Å². The van der Waals surface area contributed by atoms with Gasteiger partial charge in [-0.05, 0) is 29.8 Å². The Balaban J connectivity index is 1.36. The highest BCUT2D eigenvalue weighted by atomic mass is 32.1. The third-order valence-electron chi connectivity index (χ3n) is 4.64. The first-order chi connectivity index (χ1) is 15.6. The highest BCUT2D eigenvalue weighted by molar-refractivity contribution is 7.20. The van der Waals surface area contributed by atoms with Crippen molar-refractivity contribution < 1.29 is 14.3 Å². The van der Waals surface area contributed by atoms with Gasteiger partial charge in [-0.2, -0.15) is 0 Å². The maximum absolute atomic E-state index is 12.0. The van der Waals surface area contributed by atoms with Crippen LogP contribution in [0.5, 0.6) is 11.5 Å². The maximum Gasteiger partial charge on any atom is 0.261 e. The van der Waals surface area contributed by atoms with Crippen LogP contribution in [0.2, 0.25) is 0 Å². The van der Waals surface area contributed by atoms with Gasteiger partial charge in [-0.25, -0.2) is 4.98 Å². The molecule has 4 aromatic rings. The number of fused-ring (bicyclic) bond motifs is 1. The third-order valence-corrected chi connectivity index (χ3v) is 5.71. The molecule has 1 aromatic carbocycles. The number of aromatic nitrogens is 3. The smallest absolute Gasteiger partial charge is 0.261 e.